The number of aromatic nitrogens is 2. The molecule has 3 saturated heterocycles. The maximum atomic E-state index is 5.91. The van der Waals surface area contributed by atoms with Crippen molar-refractivity contribution in [3.05, 3.63) is 23.8 Å². The van der Waals surface area contributed by atoms with E-state index in [1.54, 1.807) is 0 Å². The SMILES string of the molecule is C[C@]1(c2nccc(CN3CCC(N4CCCCC4)CC3)n2)CCCO1. The predicted molar refractivity (Wildman–Crippen MR) is 98.3 cm³/mol. The van der Waals surface area contributed by atoms with E-state index >= 15 is 0 Å². The highest BCUT2D eigenvalue weighted by atomic mass is 16.5. The van der Waals surface area contributed by atoms with Crippen LogP contribution in [0.1, 0.15) is 63.4 Å². The molecule has 0 aliphatic carbocycles. The summed E-state index contributed by atoms with van der Waals surface area (Å²) in [5, 5.41) is 0. The summed E-state index contributed by atoms with van der Waals surface area (Å²) in [5.74, 6) is 0.866. The first-order valence-electron chi connectivity index (χ1n) is 10.2. The molecule has 1 aromatic heterocycles. The van der Waals surface area contributed by atoms with Crippen LogP contribution < -0.4 is 0 Å². The van der Waals surface area contributed by atoms with Crippen LogP contribution in [-0.2, 0) is 16.9 Å². The van der Waals surface area contributed by atoms with E-state index in [4.69, 9.17) is 9.72 Å². The Hall–Kier alpha value is -1.04. The molecule has 0 aromatic carbocycles. The quantitative estimate of drug-likeness (QED) is 0.840. The van der Waals surface area contributed by atoms with Crippen molar-refractivity contribution in [3.8, 4) is 0 Å². The summed E-state index contributed by atoms with van der Waals surface area (Å²) in [7, 11) is 0. The van der Waals surface area contributed by atoms with E-state index in [2.05, 4.69) is 27.8 Å². The molecule has 3 aliphatic heterocycles. The molecule has 4 heterocycles. The van der Waals surface area contributed by atoms with Crippen LogP contribution in [0.4, 0.5) is 0 Å². The van der Waals surface area contributed by atoms with Gasteiger partial charge in [-0.3, -0.25) is 4.90 Å². The first-order chi connectivity index (χ1) is 12.2. The Labute approximate surface area is 151 Å². The number of hydrogen-bond acceptors (Lipinski definition) is 5. The molecule has 0 unspecified atom stereocenters. The Bertz CT molecular complexity index is 559. The van der Waals surface area contributed by atoms with Crippen molar-refractivity contribution < 1.29 is 4.74 Å². The van der Waals surface area contributed by atoms with Crippen LogP contribution in [0.25, 0.3) is 0 Å². The lowest BCUT2D eigenvalue weighted by Gasteiger charge is -2.40. The number of rotatable bonds is 4. The zero-order valence-electron chi connectivity index (χ0n) is 15.6. The van der Waals surface area contributed by atoms with E-state index in [9.17, 15) is 0 Å². The van der Waals surface area contributed by atoms with Crippen molar-refractivity contribution in [1.82, 2.24) is 19.8 Å². The Balaban J connectivity index is 1.32. The highest BCUT2D eigenvalue weighted by Crippen LogP contribution is 2.33. The standard InChI is InChI=1S/C20H32N4O/c1-20(9-5-15-25-20)19-21-10-6-17(22-19)16-23-13-7-18(8-14-23)24-11-3-2-4-12-24/h6,10,18H,2-5,7-9,11-16H2,1H3/t20-/m1/s1. The van der Waals surface area contributed by atoms with Gasteiger partial charge in [0.2, 0.25) is 0 Å². The first kappa shape index (κ1) is 17.4. The molecule has 0 spiro atoms. The van der Waals surface area contributed by atoms with Crippen molar-refractivity contribution >= 4 is 0 Å². The van der Waals surface area contributed by atoms with E-state index in [0.29, 0.717) is 0 Å². The van der Waals surface area contributed by atoms with Gasteiger partial charge in [0.15, 0.2) is 5.82 Å². The summed E-state index contributed by atoms with van der Waals surface area (Å²) in [5.41, 5.74) is 0.857. The average molecular weight is 345 g/mol. The first-order valence-corrected chi connectivity index (χ1v) is 10.2. The summed E-state index contributed by atoms with van der Waals surface area (Å²) in [6, 6.07) is 2.88. The lowest BCUT2D eigenvalue weighted by molar-refractivity contribution is 0.00895. The zero-order valence-corrected chi connectivity index (χ0v) is 15.6. The van der Waals surface area contributed by atoms with Crippen LogP contribution >= 0.6 is 0 Å². The number of nitrogens with zero attached hydrogens (tertiary/aromatic N) is 4. The molecular formula is C20H32N4O. The average Bonchev–Trinajstić information content (AvgIpc) is 3.11. The minimum absolute atomic E-state index is 0.280. The van der Waals surface area contributed by atoms with E-state index in [-0.39, 0.29) is 5.60 Å². The topological polar surface area (TPSA) is 41.5 Å². The van der Waals surface area contributed by atoms with E-state index in [0.717, 1.165) is 43.6 Å². The summed E-state index contributed by atoms with van der Waals surface area (Å²) in [4.78, 5) is 14.6. The molecule has 0 radical (unpaired) electrons. The fourth-order valence-electron chi connectivity index (χ4n) is 4.65. The van der Waals surface area contributed by atoms with Crippen molar-refractivity contribution in [3.63, 3.8) is 0 Å². The molecular weight excluding hydrogens is 312 g/mol. The van der Waals surface area contributed by atoms with E-state index in [1.165, 1.54) is 58.3 Å². The fourth-order valence-corrected chi connectivity index (χ4v) is 4.65. The van der Waals surface area contributed by atoms with Gasteiger partial charge in [0.1, 0.15) is 5.60 Å². The van der Waals surface area contributed by atoms with Gasteiger partial charge in [-0.2, -0.15) is 0 Å². The van der Waals surface area contributed by atoms with Crippen LogP contribution in [0, 0.1) is 0 Å². The maximum Gasteiger partial charge on any atom is 0.160 e. The molecule has 1 aromatic rings. The largest absolute Gasteiger partial charge is 0.367 e. The maximum absolute atomic E-state index is 5.91. The molecule has 138 valence electrons. The molecule has 3 aliphatic rings. The third kappa shape index (κ3) is 4.04. The Morgan fingerprint density at radius 1 is 1.12 bits per heavy atom. The lowest BCUT2D eigenvalue weighted by atomic mass is 9.99. The Morgan fingerprint density at radius 2 is 1.92 bits per heavy atom. The van der Waals surface area contributed by atoms with Crippen LogP contribution in [0.15, 0.2) is 12.3 Å². The third-order valence-corrected chi connectivity index (χ3v) is 6.25. The van der Waals surface area contributed by atoms with Gasteiger partial charge in [-0.1, -0.05) is 6.42 Å². The van der Waals surface area contributed by atoms with Gasteiger partial charge >= 0.3 is 0 Å². The summed E-state index contributed by atoms with van der Waals surface area (Å²) in [6.45, 7) is 8.91. The predicted octanol–water partition coefficient (Wildman–Crippen LogP) is 2.95. The number of piperidine rings is 2. The van der Waals surface area contributed by atoms with E-state index in [1.807, 2.05) is 6.20 Å². The van der Waals surface area contributed by atoms with Gasteiger partial charge in [0.05, 0.1) is 5.69 Å². The van der Waals surface area contributed by atoms with Gasteiger partial charge in [-0.15, -0.1) is 0 Å². The zero-order chi connectivity index (χ0) is 17.1. The smallest absolute Gasteiger partial charge is 0.160 e. The summed E-state index contributed by atoms with van der Waals surface area (Å²) < 4.78 is 5.91. The second-order valence-electron chi connectivity index (χ2n) is 8.16. The van der Waals surface area contributed by atoms with Crippen molar-refractivity contribution in [2.24, 2.45) is 0 Å². The van der Waals surface area contributed by atoms with Crippen molar-refractivity contribution in [2.75, 3.05) is 32.8 Å². The molecule has 0 N–H and O–H groups in total. The van der Waals surface area contributed by atoms with Crippen molar-refractivity contribution in [1.29, 1.82) is 0 Å². The van der Waals surface area contributed by atoms with Gasteiger partial charge in [-0.05, 0) is 64.6 Å². The van der Waals surface area contributed by atoms with E-state index < -0.39 is 0 Å². The van der Waals surface area contributed by atoms with Crippen LogP contribution in [0.2, 0.25) is 0 Å². The number of ether oxygens (including phenoxy) is 1. The molecule has 0 saturated carbocycles. The van der Waals surface area contributed by atoms with Gasteiger partial charge in [-0.25, -0.2) is 9.97 Å². The summed E-state index contributed by atoms with van der Waals surface area (Å²) in [6.07, 6.45) is 10.9. The Morgan fingerprint density at radius 3 is 2.64 bits per heavy atom. The molecule has 1 atom stereocenters. The van der Waals surface area contributed by atoms with Crippen LogP contribution in [0.5, 0.6) is 0 Å². The normalized spacial score (nSPS) is 30.0. The second kappa shape index (κ2) is 7.68. The van der Waals surface area contributed by atoms with Crippen LogP contribution in [0.3, 0.4) is 0 Å². The van der Waals surface area contributed by atoms with Crippen LogP contribution in [-0.4, -0.2) is 58.6 Å². The second-order valence-corrected chi connectivity index (χ2v) is 8.16. The number of likely N-dealkylation sites (tertiary alicyclic amines) is 2. The molecule has 3 fully saturated rings. The molecule has 0 bridgehead atoms. The van der Waals surface area contributed by atoms with Gasteiger partial charge < -0.3 is 9.64 Å². The summed E-state index contributed by atoms with van der Waals surface area (Å²) >= 11 is 0. The highest BCUT2D eigenvalue weighted by molar-refractivity contribution is 5.09. The molecule has 4 rings (SSSR count). The molecule has 25 heavy (non-hydrogen) atoms. The molecule has 0 amide bonds. The minimum Gasteiger partial charge on any atom is -0.367 e. The monoisotopic (exact) mass is 344 g/mol. The highest BCUT2D eigenvalue weighted by Gasteiger charge is 2.35. The Kier molecular flexibility index (Phi) is 5.34. The van der Waals surface area contributed by atoms with Gasteiger partial charge in [0, 0.05) is 38.5 Å². The van der Waals surface area contributed by atoms with Gasteiger partial charge in [0.25, 0.3) is 0 Å². The number of hydrogen-bond donors (Lipinski definition) is 0. The molecule has 5 nitrogen and oxygen atoms in total. The lowest BCUT2D eigenvalue weighted by Crippen LogP contribution is -2.46. The third-order valence-electron chi connectivity index (χ3n) is 6.25. The fraction of sp³-hybridized carbons (Fsp3) is 0.800. The minimum atomic E-state index is -0.280. The van der Waals surface area contributed by atoms with Crippen molar-refractivity contribution in [2.45, 2.75) is 70.1 Å². The molecule has 5 heteroatoms.